The van der Waals surface area contributed by atoms with Crippen LogP contribution in [0.2, 0.25) is 0 Å². The SMILES string of the molecule is COc1cccc(-n2cc(C(C)NC(=O)Cc3ncccc3C)cn2)c1. The standard InChI is InChI=1S/C20H22N4O2/c1-14-6-5-9-21-19(14)11-20(25)23-15(2)16-12-22-24(13-16)17-7-4-8-18(10-17)26-3/h4-10,12-13,15H,11H2,1-3H3,(H,23,25). The molecule has 1 aromatic carbocycles. The van der Waals surface area contributed by atoms with Crippen molar-refractivity contribution in [2.45, 2.75) is 26.3 Å². The van der Waals surface area contributed by atoms with E-state index in [1.54, 1.807) is 24.2 Å². The molecule has 1 amide bonds. The zero-order chi connectivity index (χ0) is 18.5. The number of benzene rings is 1. The van der Waals surface area contributed by atoms with Gasteiger partial charge in [0.1, 0.15) is 5.75 Å². The highest BCUT2D eigenvalue weighted by atomic mass is 16.5. The fraction of sp³-hybridized carbons (Fsp3) is 0.250. The number of rotatable bonds is 6. The van der Waals surface area contributed by atoms with Crippen LogP contribution in [0.15, 0.2) is 55.0 Å². The topological polar surface area (TPSA) is 69.0 Å². The second-order valence-corrected chi connectivity index (χ2v) is 6.15. The van der Waals surface area contributed by atoms with Gasteiger partial charge in [0.05, 0.1) is 37.2 Å². The van der Waals surface area contributed by atoms with E-state index in [4.69, 9.17) is 4.74 Å². The molecule has 0 bridgehead atoms. The van der Waals surface area contributed by atoms with Crippen LogP contribution < -0.4 is 10.1 Å². The maximum Gasteiger partial charge on any atom is 0.226 e. The number of amides is 1. The Hall–Kier alpha value is -3.15. The van der Waals surface area contributed by atoms with Crippen molar-refractivity contribution in [3.05, 3.63) is 71.8 Å². The maximum atomic E-state index is 12.3. The summed E-state index contributed by atoms with van der Waals surface area (Å²) in [4.78, 5) is 16.6. The maximum absolute atomic E-state index is 12.3. The van der Waals surface area contributed by atoms with Crippen LogP contribution in [0, 0.1) is 6.92 Å². The summed E-state index contributed by atoms with van der Waals surface area (Å²) in [5.41, 5.74) is 3.64. The molecule has 6 nitrogen and oxygen atoms in total. The number of nitrogens with zero attached hydrogens (tertiary/aromatic N) is 3. The van der Waals surface area contributed by atoms with Gasteiger partial charge in [0, 0.05) is 24.0 Å². The predicted octanol–water partition coefficient (Wildman–Crippen LogP) is 3.00. The number of methoxy groups -OCH3 is 1. The monoisotopic (exact) mass is 350 g/mol. The second-order valence-electron chi connectivity index (χ2n) is 6.15. The molecule has 3 rings (SSSR count). The summed E-state index contributed by atoms with van der Waals surface area (Å²) in [6.07, 6.45) is 5.64. The lowest BCUT2D eigenvalue weighted by molar-refractivity contribution is -0.121. The average molecular weight is 350 g/mol. The van der Waals surface area contributed by atoms with Crippen molar-refractivity contribution in [1.82, 2.24) is 20.1 Å². The average Bonchev–Trinajstić information content (AvgIpc) is 3.14. The molecular formula is C20H22N4O2. The molecule has 3 aromatic rings. The van der Waals surface area contributed by atoms with Gasteiger partial charge in [-0.1, -0.05) is 12.1 Å². The summed E-state index contributed by atoms with van der Waals surface area (Å²) in [6, 6.07) is 11.3. The number of aryl methyl sites for hydroxylation is 1. The molecule has 2 heterocycles. The van der Waals surface area contributed by atoms with Crippen LogP contribution in [0.3, 0.4) is 0 Å². The van der Waals surface area contributed by atoms with E-state index in [-0.39, 0.29) is 18.4 Å². The number of carbonyl (C=O) groups excluding carboxylic acids is 1. The first-order chi connectivity index (χ1) is 12.6. The van der Waals surface area contributed by atoms with Crippen LogP contribution in [0.25, 0.3) is 5.69 Å². The lowest BCUT2D eigenvalue weighted by Gasteiger charge is -2.12. The summed E-state index contributed by atoms with van der Waals surface area (Å²) in [5, 5.41) is 7.39. The minimum atomic E-state index is -0.147. The minimum absolute atomic E-state index is 0.0616. The van der Waals surface area contributed by atoms with Crippen LogP contribution in [0.5, 0.6) is 5.75 Å². The summed E-state index contributed by atoms with van der Waals surface area (Å²) >= 11 is 0. The molecular weight excluding hydrogens is 328 g/mol. The van der Waals surface area contributed by atoms with Gasteiger partial charge in [0.15, 0.2) is 0 Å². The molecule has 1 atom stereocenters. The molecule has 0 saturated heterocycles. The number of aromatic nitrogens is 3. The third kappa shape index (κ3) is 4.08. The summed E-state index contributed by atoms with van der Waals surface area (Å²) in [7, 11) is 1.63. The first-order valence-electron chi connectivity index (χ1n) is 8.45. The smallest absolute Gasteiger partial charge is 0.226 e. The molecule has 2 aromatic heterocycles. The number of carbonyl (C=O) groups is 1. The number of hydrogen-bond donors (Lipinski definition) is 1. The van der Waals surface area contributed by atoms with Crippen molar-refractivity contribution in [2.24, 2.45) is 0 Å². The highest BCUT2D eigenvalue weighted by Crippen LogP contribution is 2.18. The van der Waals surface area contributed by atoms with Gasteiger partial charge >= 0.3 is 0 Å². The Morgan fingerprint density at radius 2 is 2.15 bits per heavy atom. The van der Waals surface area contributed by atoms with Gasteiger partial charge in [-0.15, -0.1) is 0 Å². The zero-order valence-electron chi connectivity index (χ0n) is 15.1. The molecule has 0 aliphatic rings. The Kier molecular flexibility index (Phi) is 5.31. The molecule has 134 valence electrons. The summed E-state index contributed by atoms with van der Waals surface area (Å²) < 4.78 is 7.01. The van der Waals surface area contributed by atoms with Crippen molar-refractivity contribution in [3.8, 4) is 11.4 Å². The van der Waals surface area contributed by atoms with Gasteiger partial charge in [-0.05, 0) is 37.6 Å². The van der Waals surface area contributed by atoms with E-state index in [1.165, 1.54) is 0 Å². The van der Waals surface area contributed by atoms with Crippen LogP contribution in [-0.4, -0.2) is 27.8 Å². The highest BCUT2D eigenvalue weighted by molar-refractivity contribution is 5.78. The van der Waals surface area contributed by atoms with Crippen molar-refractivity contribution in [1.29, 1.82) is 0 Å². The van der Waals surface area contributed by atoms with Gasteiger partial charge in [-0.2, -0.15) is 5.10 Å². The molecule has 0 aliphatic carbocycles. The van der Waals surface area contributed by atoms with E-state index in [1.807, 2.05) is 56.4 Å². The van der Waals surface area contributed by atoms with Crippen LogP contribution in [-0.2, 0) is 11.2 Å². The first-order valence-corrected chi connectivity index (χ1v) is 8.45. The Labute approximate surface area is 152 Å². The van der Waals surface area contributed by atoms with E-state index < -0.39 is 0 Å². The van der Waals surface area contributed by atoms with Crippen molar-refractivity contribution >= 4 is 5.91 Å². The number of hydrogen-bond acceptors (Lipinski definition) is 4. The van der Waals surface area contributed by atoms with Crippen molar-refractivity contribution in [2.75, 3.05) is 7.11 Å². The van der Waals surface area contributed by atoms with E-state index in [2.05, 4.69) is 15.4 Å². The number of pyridine rings is 1. The fourth-order valence-electron chi connectivity index (χ4n) is 2.69. The molecule has 1 N–H and O–H groups in total. The Bertz CT molecular complexity index is 904. The van der Waals surface area contributed by atoms with Gasteiger partial charge in [-0.3, -0.25) is 9.78 Å². The van der Waals surface area contributed by atoms with Crippen LogP contribution >= 0.6 is 0 Å². The van der Waals surface area contributed by atoms with Crippen LogP contribution in [0.1, 0.15) is 29.8 Å². The predicted molar refractivity (Wildman–Crippen MR) is 99.4 cm³/mol. The van der Waals surface area contributed by atoms with Crippen molar-refractivity contribution in [3.63, 3.8) is 0 Å². The van der Waals surface area contributed by atoms with E-state index in [0.29, 0.717) is 0 Å². The van der Waals surface area contributed by atoms with Gasteiger partial charge in [0.25, 0.3) is 0 Å². The van der Waals surface area contributed by atoms with Crippen molar-refractivity contribution < 1.29 is 9.53 Å². The Balaban J connectivity index is 1.67. The first kappa shape index (κ1) is 17.7. The molecule has 0 radical (unpaired) electrons. The minimum Gasteiger partial charge on any atom is -0.497 e. The molecule has 6 heteroatoms. The number of ether oxygens (including phenoxy) is 1. The zero-order valence-corrected chi connectivity index (χ0v) is 15.1. The molecule has 26 heavy (non-hydrogen) atoms. The lowest BCUT2D eigenvalue weighted by Crippen LogP contribution is -2.28. The third-order valence-corrected chi connectivity index (χ3v) is 4.24. The van der Waals surface area contributed by atoms with E-state index >= 15 is 0 Å². The number of nitrogens with one attached hydrogen (secondary N) is 1. The Morgan fingerprint density at radius 1 is 1.31 bits per heavy atom. The molecule has 0 saturated carbocycles. The van der Waals surface area contributed by atoms with Gasteiger partial charge < -0.3 is 10.1 Å². The van der Waals surface area contributed by atoms with E-state index in [0.717, 1.165) is 28.3 Å². The molecule has 0 spiro atoms. The van der Waals surface area contributed by atoms with Gasteiger partial charge in [-0.25, -0.2) is 4.68 Å². The second kappa shape index (κ2) is 7.82. The normalized spacial score (nSPS) is 11.8. The highest BCUT2D eigenvalue weighted by Gasteiger charge is 2.14. The fourth-order valence-corrected chi connectivity index (χ4v) is 2.69. The Morgan fingerprint density at radius 3 is 2.92 bits per heavy atom. The third-order valence-electron chi connectivity index (χ3n) is 4.24. The molecule has 0 fully saturated rings. The summed E-state index contributed by atoms with van der Waals surface area (Å²) in [6.45, 7) is 3.90. The quantitative estimate of drug-likeness (QED) is 0.742. The lowest BCUT2D eigenvalue weighted by atomic mass is 10.1. The largest absolute Gasteiger partial charge is 0.497 e. The molecule has 0 aliphatic heterocycles. The molecule has 1 unspecified atom stereocenters. The van der Waals surface area contributed by atoms with Gasteiger partial charge in [0.2, 0.25) is 5.91 Å². The van der Waals surface area contributed by atoms with E-state index in [9.17, 15) is 4.79 Å². The summed E-state index contributed by atoms with van der Waals surface area (Å²) in [5.74, 6) is 0.708. The van der Waals surface area contributed by atoms with Crippen LogP contribution in [0.4, 0.5) is 0 Å².